The van der Waals surface area contributed by atoms with Gasteiger partial charge < -0.3 is 9.88 Å². The van der Waals surface area contributed by atoms with E-state index in [-0.39, 0.29) is 0 Å². The van der Waals surface area contributed by atoms with Crippen molar-refractivity contribution in [1.82, 2.24) is 14.9 Å². The molecule has 2 unspecified atom stereocenters. The second kappa shape index (κ2) is 7.08. The van der Waals surface area contributed by atoms with E-state index in [2.05, 4.69) is 46.1 Å². The van der Waals surface area contributed by atoms with E-state index in [1.807, 2.05) is 6.33 Å². The fourth-order valence-electron chi connectivity index (χ4n) is 3.69. The zero-order valence-corrected chi connectivity index (χ0v) is 13.1. The summed E-state index contributed by atoms with van der Waals surface area (Å²) < 4.78 is 2.27. The highest BCUT2D eigenvalue weighted by Crippen LogP contribution is 2.26. The van der Waals surface area contributed by atoms with E-state index in [0.717, 1.165) is 30.6 Å². The van der Waals surface area contributed by atoms with E-state index in [1.165, 1.54) is 44.0 Å². The maximum Gasteiger partial charge on any atom is 0.0958 e. The number of aryl methyl sites for hydroxylation is 1. The van der Waals surface area contributed by atoms with Crippen LogP contribution in [0.3, 0.4) is 0 Å². The lowest BCUT2D eigenvalue weighted by molar-refractivity contribution is 0.254. The fourth-order valence-corrected chi connectivity index (χ4v) is 3.69. The summed E-state index contributed by atoms with van der Waals surface area (Å²) in [4.78, 5) is 4.46. The van der Waals surface area contributed by atoms with Crippen molar-refractivity contribution in [3.05, 3.63) is 30.6 Å². The number of aromatic nitrogens is 2. The predicted octanol–water partition coefficient (Wildman–Crippen LogP) is 3.98. The van der Waals surface area contributed by atoms with Gasteiger partial charge in [-0.3, -0.25) is 0 Å². The van der Waals surface area contributed by atoms with Gasteiger partial charge in [-0.15, -0.1) is 0 Å². The maximum absolute atomic E-state index is 4.46. The first-order valence-electron chi connectivity index (χ1n) is 8.51. The van der Waals surface area contributed by atoms with Crippen molar-refractivity contribution >= 4 is 11.0 Å². The number of hydrogen-bond acceptors (Lipinski definition) is 2. The standard InChI is InChI=1S/C18H27N3/c1-2-15-8-3-4-9-16(15)19-12-7-13-21-14-20-17-10-5-6-11-18(17)21/h5-6,10-11,14-16,19H,2-4,7-9,12-13H2,1H3. The molecule has 1 saturated carbocycles. The molecule has 2 atom stereocenters. The third kappa shape index (κ3) is 3.46. The zero-order chi connectivity index (χ0) is 14.5. The largest absolute Gasteiger partial charge is 0.331 e. The Morgan fingerprint density at radius 1 is 1.24 bits per heavy atom. The first-order valence-corrected chi connectivity index (χ1v) is 8.51. The first kappa shape index (κ1) is 14.6. The molecule has 2 aromatic rings. The van der Waals surface area contributed by atoms with Gasteiger partial charge in [0.15, 0.2) is 0 Å². The van der Waals surface area contributed by atoms with Crippen molar-refractivity contribution in [2.24, 2.45) is 5.92 Å². The van der Waals surface area contributed by atoms with Crippen molar-refractivity contribution < 1.29 is 0 Å². The number of imidazole rings is 1. The van der Waals surface area contributed by atoms with Crippen LogP contribution in [-0.2, 0) is 6.54 Å². The summed E-state index contributed by atoms with van der Waals surface area (Å²) in [5.74, 6) is 0.896. The van der Waals surface area contributed by atoms with Gasteiger partial charge in [0.05, 0.1) is 17.4 Å². The Morgan fingerprint density at radius 2 is 2.10 bits per heavy atom. The van der Waals surface area contributed by atoms with Gasteiger partial charge in [0.1, 0.15) is 0 Å². The molecule has 21 heavy (non-hydrogen) atoms. The first-order chi connectivity index (χ1) is 10.4. The van der Waals surface area contributed by atoms with E-state index < -0.39 is 0 Å². The molecule has 1 fully saturated rings. The summed E-state index contributed by atoms with van der Waals surface area (Å²) in [5.41, 5.74) is 2.35. The van der Waals surface area contributed by atoms with Gasteiger partial charge in [-0.1, -0.05) is 38.3 Å². The third-order valence-corrected chi connectivity index (χ3v) is 4.94. The van der Waals surface area contributed by atoms with Crippen LogP contribution < -0.4 is 5.32 Å². The molecule has 0 saturated heterocycles. The molecule has 1 aliphatic carbocycles. The lowest BCUT2D eigenvalue weighted by Crippen LogP contribution is -2.39. The molecule has 3 rings (SSSR count). The molecule has 114 valence electrons. The molecule has 1 N–H and O–H groups in total. The average Bonchev–Trinajstić information content (AvgIpc) is 2.95. The number of benzene rings is 1. The van der Waals surface area contributed by atoms with Crippen LogP contribution in [0.5, 0.6) is 0 Å². The normalized spacial score (nSPS) is 22.7. The maximum atomic E-state index is 4.46. The third-order valence-electron chi connectivity index (χ3n) is 4.94. The molecule has 3 heteroatoms. The smallest absolute Gasteiger partial charge is 0.0958 e. The number of nitrogens with zero attached hydrogens (tertiary/aromatic N) is 2. The summed E-state index contributed by atoms with van der Waals surface area (Å²) >= 11 is 0. The summed E-state index contributed by atoms with van der Waals surface area (Å²) in [6.07, 6.45) is 10.1. The van der Waals surface area contributed by atoms with E-state index in [1.54, 1.807) is 0 Å². The summed E-state index contributed by atoms with van der Waals surface area (Å²) in [6.45, 7) is 4.51. The van der Waals surface area contributed by atoms with Gasteiger partial charge in [0, 0.05) is 12.6 Å². The van der Waals surface area contributed by atoms with Crippen LogP contribution >= 0.6 is 0 Å². The number of rotatable bonds is 6. The number of fused-ring (bicyclic) bond motifs is 1. The Morgan fingerprint density at radius 3 is 3.00 bits per heavy atom. The molecule has 1 heterocycles. The highest BCUT2D eigenvalue weighted by Gasteiger charge is 2.22. The van der Waals surface area contributed by atoms with Gasteiger partial charge in [-0.05, 0) is 43.9 Å². The Balaban J connectivity index is 1.48. The molecule has 0 amide bonds. The molecule has 3 nitrogen and oxygen atoms in total. The topological polar surface area (TPSA) is 29.9 Å². The molecule has 0 radical (unpaired) electrons. The minimum Gasteiger partial charge on any atom is -0.331 e. The number of para-hydroxylation sites is 2. The van der Waals surface area contributed by atoms with E-state index in [0.29, 0.717) is 0 Å². The van der Waals surface area contributed by atoms with Crippen molar-refractivity contribution in [1.29, 1.82) is 0 Å². The van der Waals surface area contributed by atoms with Crippen LogP contribution in [-0.4, -0.2) is 22.1 Å². The second-order valence-corrected chi connectivity index (χ2v) is 6.29. The monoisotopic (exact) mass is 285 g/mol. The summed E-state index contributed by atoms with van der Waals surface area (Å²) in [6, 6.07) is 9.13. The zero-order valence-electron chi connectivity index (χ0n) is 13.1. The van der Waals surface area contributed by atoms with Crippen LogP contribution in [0, 0.1) is 5.92 Å². The minimum atomic E-state index is 0.753. The molecule has 0 spiro atoms. The number of nitrogens with one attached hydrogen (secondary N) is 1. The molecule has 1 aliphatic rings. The molecule has 1 aromatic carbocycles. The molecular weight excluding hydrogens is 258 g/mol. The van der Waals surface area contributed by atoms with Crippen LogP contribution in [0.1, 0.15) is 45.4 Å². The SMILES string of the molecule is CCC1CCCCC1NCCCn1cnc2ccccc21. The van der Waals surface area contributed by atoms with Crippen molar-refractivity contribution in [3.63, 3.8) is 0 Å². The van der Waals surface area contributed by atoms with Gasteiger partial charge in [-0.25, -0.2) is 4.98 Å². The van der Waals surface area contributed by atoms with Gasteiger partial charge in [0.2, 0.25) is 0 Å². The quantitative estimate of drug-likeness (QED) is 0.813. The average molecular weight is 285 g/mol. The van der Waals surface area contributed by atoms with E-state index in [9.17, 15) is 0 Å². The molecule has 1 aromatic heterocycles. The second-order valence-electron chi connectivity index (χ2n) is 6.29. The Labute approximate surface area is 127 Å². The lowest BCUT2D eigenvalue weighted by atomic mass is 9.83. The van der Waals surface area contributed by atoms with Crippen LogP contribution in [0.25, 0.3) is 11.0 Å². The minimum absolute atomic E-state index is 0.753. The van der Waals surface area contributed by atoms with Crippen LogP contribution in [0.4, 0.5) is 0 Å². The van der Waals surface area contributed by atoms with Gasteiger partial charge >= 0.3 is 0 Å². The van der Waals surface area contributed by atoms with Gasteiger partial charge in [0.25, 0.3) is 0 Å². The Kier molecular flexibility index (Phi) is 4.91. The van der Waals surface area contributed by atoms with E-state index >= 15 is 0 Å². The van der Waals surface area contributed by atoms with Crippen molar-refractivity contribution in [3.8, 4) is 0 Å². The fraction of sp³-hybridized carbons (Fsp3) is 0.611. The summed E-state index contributed by atoms with van der Waals surface area (Å²) in [5, 5.41) is 3.80. The Hall–Kier alpha value is -1.35. The number of hydrogen-bond donors (Lipinski definition) is 1. The summed E-state index contributed by atoms with van der Waals surface area (Å²) in [7, 11) is 0. The van der Waals surface area contributed by atoms with Crippen molar-refractivity contribution in [2.75, 3.05) is 6.54 Å². The highest BCUT2D eigenvalue weighted by molar-refractivity contribution is 5.74. The lowest BCUT2D eigenvalue weighted by Gasteiger charge is -2.31. The Bertz CT molecular complexity index is 560. The van der Waals surface area contributed by atoms with E-state index in [4.69, 9.17) is 0 Å². The van der Waals surface area contributed by atoms with Crippen LogP contribution in [0.2, 0.25) is 0 Å². The van der Waals surface area contributed by atoms with Gasteiger partial charge in [-0.2, -0.15) is 0 Å². The molecular formula is C18H27N3. The molecule has 0 aliphatic heterocycles. The van der Waals surface area contributed by atoms with Crippen molar-refractivity contribution in [2.45, 2.75) is 58.0 Å². The highest BCUT2D eigenvalue weighted by atomic mass is 15.0. The predicted molar refractivity (Wildman–Crippen MR) is 88.4 cm³/mol. The van der Waals surface area contributed by atoms with Crippen LogP contribution in [0.15, 0.2) is 30.6 Å². The molecule has 0 bridgehead atoms.